The first-order chi connectivity index (χ1) is 4.16. The molecule has 0 aromatic carbocycles. The third kappa shape index (κ3) is 5.80. The summed E-state index contributed by atoms with van der Waals surface area (Å²) in [6.45, 7) is 2.98. The van der Waals surface area contributed by atoms with Crippen molar-refractivity contribution in [2.45, 2.75) is 25.9 Å². The van der Waals surface area contributed by atoms with Crippen molar-refractivity contribution in [3.63, 3.8) is 0 Å². The predicted octanol–water partition coefficient (Wildman–Crippen LogP) is 0.709. The van der Waals surface area contributed by atoms with Crippen LogP contribution in [-0.4, -0.2) is 36.8 Å². The third-order valence-electron chi connectivity index (χ3n) is 1.38. The lowest BCUT2D eigenvalue weighted by molar-refractivity contribution is 0.148. The molecule has 0 saturated heterocycles. The minimum absolute atomic E-state index is 0.104. The quantitative estimate of drug-likeness (QED) is 0.607. The summed E-state index contributed by atoms with van der Waals surface area (Å²) in [6.07, 6.45) is 1.66. The molecule has 1 N–H and O–H groups in total. The van der Waals surface area contributed by atoms with Crippen molar-refractivity contribution in [3.05, 3.63) is 0 Å². The molecule has 0 rings (SSSR count). The fourth-order valence-electron chi connectivity index (χ4n) is 0.611. The second kappa shape index (κ2) is 4.77. The first-order valence-corrected chi connectivity index (χ1v) is 3.49. The fourth-order valence-corrected chi connectivity index (χ4v) is 0.611. The number of hydrogen-bond donors (Lipinski definition) is 1. The van der Waals surface area contributed by atoms with Gasteiger partial charge in [0.2, 0.25) is 0 Å². The summed E-state index contributed by atoms with van der Waals surface area (Å²) in [5.41, 5.74) is 0. The number of nitrogens with zero attached hydrogens (tertiary/aromatic N) is 1. The molecule has 0 saturated carbocycles. The summed E-state index contributed by atoms with van der Waals surface area (Å²) in [5, 5.41) is 9.08. The van der Waals surface area contributed by atoms with E-state index >= 15 is 0 Å². The van der Waals surface area contributed by atoms with Gasteiger partial charge in [-0.2, -0.15) is 0 Å². The molecule has 0 fully saturated rings. The lowest BCUT2D eigenvalue weighted by Gasteiger charge is -2.11. The zero-order valence-electron chi connectivity index (χ0n) is 6.59. The smallest absolute Gasteiger partial charge is 0.0549 e. The Kier molecular flexibility index (Phi) is 4.72. The van der Waals surface area contributed by atoms with E-state index < -0.39 is 0 Å². The number of rotatable bonds is 4. The molecule has 0 aromatic heterocycles. The van der Waals surface area contributed by atoms with Crippen LogP contribution in [0, 0.1) is 0 Å². The van der Waals surface area contributed by atoms with Gasteiger partial charge in [-0.25, -0.2) is 0 Å². The molecule has 0 aliphatic heterocycles. The standard InChI is InChI=1S/C7H17NO/c1-4-7(9)5-6-8(2)3/h7,9H,4-6H2,1-3H3. The lowest BCUT2D eigenvalue weighted by Crippen LogP contribution is -2.18. The molecule has 56 valence electrons. The first kappa shape index (κ1) is 8.92. The Bertz CT molecular complexity index is 63.9. The fraction of sp³-hybridized carbons (Fsp3) is 1.00. The predicted molar refractivity (Wildman–Crippen MR) is 39.5 cm³/mol. The molecule has 0 aromatic rings. The van der Waals surface area contributed by atoms with Gasteiger partial charge in [0.15, 0.2) is 0 Å². The Balaban J connectivity index is 3.06. The van der Waals surface area contributed by atoms with Crippen molar-refractivity contribution in [1.29, 1.82) is 0 Å². The zero-order valence-corrected chi connectivity index (χ0v) is 6.59. The average molecular weight is 131 g/mol. The van der Waals surface area contributed by atoms with Gasteiger partial charge in [-0.1, -0.05) is 6.92 Å². The maximum Gasteiger partial charge on any atom is 0.0549 e. The van der Waals surface area contributed by atoms with Crippen molar-refractivity contribution in [3.8, 4) is 0 Å². The van der Waals surface area contributed by atoms with Crippen molar-refractivity contribution in [2.24, 2.45) is 0 Å². The summed E-state index contributed by atoms with van der Waals surface area (Å²) in [7, 11) is 4.03. The van der Waals surface area contributed by atoms with Crippen molar-refractivity contribution < 1.29 is 5.11 Å². The minimum Gasteiger partial charge on any atom is -0.393 e. The molecule has 9 heavy (non-hydrogen) atoms. The van der Waals surface area contributed by atoms with E-state index in [0.717, 1.165) is 19.4 Å². The first-order valence-electron chi connectivity index (χ1n) is 3.49. The second-order valence-corrected chi connectivity index (χ2v) is 2.65. The summed E-state index contributed by atoms with van der Waals surface area (Å²) in [5.74, 6) is 0. The molecule has 1 atom stereocenters. The van der Waals surface area contributed by atoms with Crippen LogP contribution in [0.2, 0.25) is 0 Å². The Morgan fingerprint density at radius 2 is 2.00 bits per heavy atom. The van der Waals surface area contributed by atoms with Gasteiger partial charge in [0.1, 0.15) is 0 Å². The highest BCUT2D eigenvalue weighted by molar-refractivity contribution is 4.53. The Morgan fingerprint density at radius 3 is 2.33 bits per heavy atom. The summed E-state index contributed by atoms with van der Waals surface area (Å²) in [6, 6.07) is 0. The van der Waals surface area contributed by atoms with E-state index in [9.17, 15) is 0 Å². The van der Waals surface area contributed by atoms with Gasteiger partial charge in [-0.15, -0.1) is 0 Å². The highest BCUT2D eigenvalue weighted by Crippen LogP contribution is 1.96. The van der Waals surface area contributed by atoms with Gasteiger partial charge in [-0.05, 0) is 33.5 Å². The van der Waals surface area contributed by atoms with E-state index in [1.165, 1.54) is 0 Å². The molecular weight excluding hydrogens is 114 g/mol. The molecule has 0 spiro atoms. The van der Waals surface area contributed by atoms with Gasteiger partial charge >= 0.3 is 0 Å². The maximum atomic E-state index is 9.08. The van der Waals surface area contributed by atoms with E-state index in [1.54, 1.807) is 0 Å². The van der Waals surface area contributed by atoms with Crippen LogP contribution in [0.1, 0.15) is 19.8 Å². The average Bonchev–Trinajstić information content (AvgIpc) is 1.83. The van der Waals surface area contributed by atoms with E-state index in [4.69, 9.17) is 5.11 Å². The van der Waals surface area contributed by atoms with E-state index in [2.05, 4.69) is 4.90 Å². The lowest BCUT2D eigenvalue weighted by atomic mass is 10.2. The number of aliphatic hydroxyl groups excluding tert-OH is 1. The summed E-state index contributed by atoms with van der Waals surface area (Å²) >= 11 is 0. The van der Waals surface area contributed by atoms with Gasteiger partial charge < -0.3 is 10.0 Å². The van der Waals surface area contributed by atoms with Gasteiger partial charge in [0.05, 0.1) is 6.10 Å². The van der Waals surface area contributed by atoms with Gasteiger partial charge in [0.25, 0.3) is 0 Å². The molecule has 0 amide bonds. The molecular formula is C7H17NO. The highest BCUT2D eigenvalue weighted by Gasteiger charge is 1.99. The minimum atomic E-state index is -0.104. The Labute approximate surface area is 57.5 Å². The molecule has 0 aliphatic rings. The number of aliphatic hydroxyl groups is 1. The van der Waals surface area contributed by atoms with Crippen LogP contribution < -0.4 is 0 Å². The van der Waals surface area contributed by atoms with Crippen LogP contribution in [0.5, 0.6) is 0 Å². The topological polar surface area (TPSA) is 23.5 Å². The summed E-state index contributed by atoms with van der Waals surface area (Å²) < 4.78 is 0. The molecule has 2 heteroatoms. The maximum absolute atomic E-state index is 9.08. The number of hydrogen-bond acceptors (Lipinski definition) is 2. The van der Waals surface area contributed by atoms with Crippen molar-refractivity contribution in [2.75, 3.05) is 20.6 Å². The Hall–Kier alpha value is -0.0800. The largest absolute Gasteiger partial charge is 0.393 e. The van der Waals surface area contributed by atoms with Crippen LogP contribution in [0.3, 0.4) is 0 Å². The third-order valence-corrected chi connectivity index (χ3v) is 1.38. The van der Waals surface area contributed by atoms with Crippen molar-refractivity contribution >= 4 is 0 Å². The molecule has 1 unspecified atom stereocenters. The molecule has 2 nitrogen and oxygen atoms in total. The normalized spacial score (nSPS) is 14.3. The molecule has 0 aliphatic carbocycles. The monoisotopic (exact) mass is 131 g/mol. The van der Waals surface area contributed by atoms with Crippen molar-refractivity contribution in [1.82, 2.24) is 4.90 Å². The second-order valence-electron chi connectivity index (χ2n) is 2.65. The summed E-state index contributed by atoms with van der Waals surface area (Å²) in [4.78, 5) is 2.08. The van der Waals surface area contributed by atoms with E-state index in [0.29, 0.717) is 0 Å². The van der Waals surface area contributed by atoms with Crippen LogP contribution in [0.15, 0.2) is 0 Å². The van der Waals surface area contributed by atoms with Crippen LogP contribution in [0.4, 0.5) is 0 Å². The Morgan fingerprint density at radius 1 is 1.44 bits per heavy atom. The molecule has 0 heterocycles. The van der Waals surface area contributed by atoms with Gasteiger partial charge in [-0.3, -0.25) is 0 Å². The SMILES string of the molecule is CCC(O)CCN(C)C. The van der Waals surface area contributed by atoms with Crippen LogP contribution >= 0.6 is 0 Å². The molecule has 0 radical (unpaired) electrons. The van der Waals surface area contributed by atoms with Crippen LogP contribution in [-0.2, 0) is 0 Å². The zero-order chi connectivity index (χ0) is 7.28. The van der Waals surface area contributed by atoms with Gasteiger partial charge in [0, 0.05) is 0 Å². The highest BCUT2D eigenvalue weighted by atomic mass is 16.3. The van der Waals surface area contributed by atoms with Crippen LogP contribution in [0.25, 0.3) is 0 Å². The molecule has 0 bridgehead atoms. The van der Waals surface area contributed by atoms with E-state index in [1.807, 2.05) is 21.0 Å². The van der Waals surface area contributed by atoms with E-state index in [-0.39, 0.29) is 6.10 Å².